The molecule has 0 amide bonds. The number of furan rings is 1. The molecule has 2 rings (SSSR count). The Bertz CT molecular complexity index is 597. The summed E-state index contributed by atoms with van der Waals surface area (Å²) in [5, 5.41) is 6.50. The van der Waals surface area contributed by atoms with Crippen LogP contribution in [0.3, 0.4) is 0 Å². The zero-order chi connectivity index (χ0) is 16.5. The van der Waals surface area contributed by atoms with E-state index in [0.29, 0.717) is 13.1 Å². The average molecular weight is 443 g/mol. The van der Waals surface area contributed by atoms with Crippen molar-refractivity contribution in [3.63, 3.8) is 0 Å². The molecule has 0 radical (unpaired) electrons. The van der Waals surface area contributed by atoms with Gasteiger partial charge in [0, 0.05) is 6.54 Å². The Morgan fingerprint density at radius 3 is 2.58 bits per heavy atom. The fraction of sp³-hybridized carbons (Fsp3) is 0.389. The lowest BCUT2D eigenvalue weighted by Gasteiger charge is -2.17. The molecule has 2 aromatic rings. The van der Waals surface area contributed by atoms with Crippen molar-refractivity contribution >= 4 is 29.9 Å². The Morgan fingerprint density at radius 2 is 1.96 bits per heavy atom. The summed E-state index contributed by atoms with van der Waals surface area (Å²) in [7, 11) is 0. The minimum Gasteiger partial charge on any atom is -0.489 e. The summed E-state index contributed by atoms with van der Waals surface area (Å²) in [6.07, 6.45) is 1.69. The van der Waals surface area contributed by atoms with Gasteiger partial charge < -0.3 is 19.8 Å². The van der Waals surface area contributed by atoms with Gasteiger partial charge in [0.1, 0.15) is 24.2 Å². The van der Waals surface area contributed by atoms with Crippen LogP contribution in [0.5, 0.6) is 5.75 Å². The van der Waals surface area contributed by atoms with E-state index in [2.05, 4.69) is 22.5 Å². The SMILES string of the molecule is CCNC(=NCc1ccco1)NCC(C)Oc1ccc(C)cc1.I. The van der Waals surface area contributed by atoms with Crippen LogP contribution in [-0.4, -0.2) is 25.2 Å². The summed E-state index contributed by atoms with van der Waals surface area (Å²) < 4.78 is 11.2. The molecular weight excluding hydrogens is 417 g/mol. The summed E-state index contributed by atoms with van der Waals surface area (Å²) >= 11 is 0. The summed E-state index contributed by atoms with van der Waals surface area (Å²) in [4.78, 5) is 4.49. The second-order valence-electron chi connectivity index (χ2n) is 5.40. The number of ether oxygens (including phenoxy) is 1. The standard InChI is InChI=1S/C18H25N3O2.HI/c1-4-19-18(21-13-17-6-5-11-22-17)20-12-15(3)23-16-9-7-14(2)8-10-16;/h5-11,15H,4,12-13H2,1-3H3,(H2,19,20,21);1H. The molecule has 0 aliphatic heterocycles. The first-order valence-electron chi connectivity index (χ1n) is 7.95. The van der Waals surface area contributed by atoms with Crippen molar-refractivity contribution in [2.45, 2.75) is 33.4 Å². The zero-order valence-corrected chi connectivity index (χ0v) is 16.7. The van der Waals surface area contributed by atoms with E-state index in [1.165, 1.54) is 5.56 Å². The number of nitrogens with one attached hydrogen (secondary N) is 2. The smallest absolute Gasteiger partial charge is 0.191 e. The number of hydrogen-bond donors (Lipinski definition) is 2. The molecule has 5 nitrogen and oxygen atoms in total. The molecule has 0 aliphatic carbocycles. The van der Waals surface area contributed by atoms with E-state index >= 15 is 0 Å². The van der Waals surface area contributed by atoms with Crippen LogP contribution >= 0.6 is 24.0 Å². The van der Waals surface area contributed by atoms with Crippen molar-refractivity contribution in [1.82, 2.24) is 10.6 Å². The second kappa shape index (κ2) is 11.0. The Kier molecular flexibility index (Phi) is 9.29. The molecule has 0 bridgehead atoms. The number of aryl methyl sites for hydroxylation is 1. The third-order valence-electron chi connectivity index (χ3n) is 3.23. The maximum Gasteiger partial charge on any atom is 0.191 e. The Labute approximate surface area is 160 Å². The molecule has 0 spiro atoms. The highest BCUT2D eigenvalue weighted by atomic mass is 127. The highest BCUT2D eigenvalue weighted by Crippen LogP contribution is 2.12. The van der Waals surface area contributed by atoms with Crippen molar-refractivity contribution < 1.29 is 9.15 Å². The highest BCUT2D eigenvalue weighted by Gasteiger charge is 2.06. The predicted molar refractivity (Wildman–Crippen MR) is 108 cm³/mol. The number of hydrogen-bond acceptors (Lipinski definition) is 3. The molecule has 0 fully saturated rings. The first kappa shape index (κ1) is 20.3. The lowest BCUT2D eigenvalue weighted by atomic mass is 10.2. The lowest BCUT2D eigenvalue weighted by Crippen LogP contribution is -2.41. The summed E-state index contributed by atoms with van der Waals surface area (Å²) in [6.45, 7) is 8.11. The minimum atomic E-state index is 0. The third kappa shape index (κ3) is 7.25. The quantitative estimate of drug-likeness (QED) is 0.389. The summed E-state index contributed by atoms with van der Waals surface area (Å²) in [6, 6.07) is 11.8. The van der Waals surface area contributed by atoms with Gasteiger partial charge in [-0.1, -0.05) is 17.7 Å². The topological polar surface area (TPSA) is 58.8 Å². The van der Waals surface area contributed by atoms with Gasteiger partial charge in [-0.2, -0.15) is 0 Å². The number of benzene rings is 1. The van der Waals surface area contributed by atoms with Crippen LogP contribution in [0.4, 0.5) is 0 Å². The Balaban J connectivity index is 0.00000288. The van der Waals surface area contributed by atoms with E-state index in [-0.39, 0.29) is 30.1 Å². The van der Waals surface area contributed by atoms with Crippen LogP contribution in [0.25, 0.3) is 0 Å². The fourth-order valence-electron chi connectivity index (χ4n) is 2.03. The van der Waals surface area contributed by atoms with Crippen molar-refractivity contribution in [3.05, 3.63) is 54.0 Å². The zero-order valence-electron chi connectivity index (χ0n) is 14.4. The van der Waals surface area contributed by atoms with Gasteiger partial charge in [0.15, 0.2) is 5.96 Å². The van der Waals surface area contributed by atoms with E-state index < -0.39 is 0 Å². The number of aliphatic imine (C=N–C) groups is 1. The lowest BCUT2D eigenvalue weighted by molar-refractivity contribution is 0.224. The van der Waals surface area contributed by atoms with Crippen LogP contribution < -0.4 is 15.4 Å². The monoisotopic (exact) mass is 443 g/mol. The van der Waals surface area contributed by atoms with E-state index in [0.717, 1.165) is 24.0 Å². The Morgan fingerprint density at radius 1 is 1.21 bits per heavy atom. The van der Waals surface area contributed by atoms with Crippen molar-refractivity contribution in [3.8, 4) is 5.75 Å². The summed E-state index contributed by atoms with van der Waals surface area (Å²) in [5.74, 6) is 2.47. The minimum absolute atomic E-state index is 0. The van der Waals surface area contributed by atoms with Gasteiger partial charge >= 0.3 is 0 Å². The molecule has 0 saturated carbocycles. The predicted octanol–water partition coefficient (Wildman–Crippen LogP) is 3.73. The average Bonchev–Trinajstić information content (AvgIpc) is 3.06. The molecule has 1 unspecified atom stereocenters. The van der Waals surface area contributed by atoms with Gasteiger partial charge in [-0.05, 0) is 45.0 Å². The molecule has 132 valence electrons. The number of guanidine groups is 1. The van der Waals surface area contributed by atoms with E-state index in [9.17, 15) is 0 Å². The number of nitrogens with zero attached hydrogens (tertiary/aromatic N) is 1. The molecule has 6 heteroatoms. The van der Waals surface area contributed by atoms with Crippen LogP contribution in [0.2, 0.25) is 0 Å². The Hall–Kier alpha value is -1.70. The first-order chi connectivity index (χ1) is 11.2. The first-order valence-corrected chi connectivity index (χ1v) is 7.95. The van der Waals surface area contributed by atoms with Gasteiger partial charge in [-0.15, -0.1) is 24.0 Å². The van der Waals surface area contributed by atoms with Crippen LogP contribution in [0.1, 0.15) is 25.2 Å². The van der Waals surface area contributed by atoms with E-state index in [4.69, 9.17) is 9.15 Å². The maximum absolute atomic E-state index is 5.88. The molecule has 1 heterocycles. The summed E-state index contributed by atoms with van der Waals surface area (Å²) in [5.41, 5.74) is 1.22. The second-order valence-corrected chi connectivity index (χ2v) is 5.40. The van der Waals surface area contributed by atoms with Gasteiger partial charge in [0.05, 0.1) is 12.8 Å². The molecule has 24 heavy (non-hydrogen) atoms. The number of rotatable bonds is 7. The van der Waals surface area contributed by atoms with Crippen LogP contribution in [0.15, 0.2) is 52.1 Å². The molecule has 1 aromatic heterocycles. The van der Waals surface area contributed by atoms with Crippen molar-refractivity contribution in [2.24, 2.45) is 4.99 Å². The van der Waals surface area contributed by atoms with E-state index in [1.807, 2.05) is 50.2 Å². The molecule has 0 saturated heterocycles. The molecular formula is C18H26IN3O2. The number of halogens is 1. The largest absolute Gasteiger partial charge is 0.489 e. The van der Waals surface area contributed by atoms with Crippen molar-refractivity contribution in [1.29, 1.82) is 0 Å². The van der Waals surface area contributed by atoms with Gasteiger partial charge in [-0.25, -0.2) is 4.99 Å². The molecule has 2 N–H and O–H groups in total. The molecule has 0 aliphatic rings. The third-order valence-corrected chi connectivity index (χ3v) is 3.23. The molecule has 1 atom stereocenters. The van der Waals surface area contributed by atoms with Gasteiger partial charge in [-0.3, -0.25) is 0 Å². The van der Waals surface area contributed by atoms with Crippen LogP contribution in [0, 0.1) is 6.92 Å². The van der Waals surface area contributed by atoms with Gasteiger partial charge in [0.25, 0.3) is 0 Å². The highest BCUT2D eigenvalue weighted by molar-refractivity contribution is 14.0. The van der Waals surface area contributed by atoms with E-state index in [1.54, 1.807) is 6.26 Å². The molecule has 1 aromatic carbocycles. The van der Waals surface area contributed by atoms with Crippen molar-refractivity contribution in [2.75, 3.05) is 13.1 Å². The van der Waals surface area contributed by atoms with Crippen LogP contribution in [-0.2, 0) is 6.54 Å². The van der Waals surface area contributed by atoms with Gasteiger partial charge in [0.2, 0.25) is 0 Å². The normalized spacial score (nSPS) is 12.2. The maximum atomic E-state index is 5.88. The fourth-order valence-corrected chi connectivity index (χ4v) is 2.03.